The molecular formula is C16H27ClN4. The Bertz CT molecular complexity index is 484. The van der Waals surface area contributed by atoms with Crippen molar-refractivity contribution in [2.45, 2.75) is 70.0 Å². The number of hydrogen-bond acceptors (Lipinski definition) is 3. The lowest BCUT2D eigenvalue weighted by Crippen LogP contribution is -2.53. The fourth-order valence-corrected chi connectivity index (χ4v) is 4.53. The lowest BCUT2D eigenvalue weighted by Gasteiger charge is -2.43. The molecule has 0 radical (unpaired) electrons. The summed E-state index contributed by atoms with van der Waals surface area (Å²) in [6.07, 6.45) is 9.28. The van der Waals surface area contributed by atoms with Gasteiger partial charge in [0.15, 0.2) is 0 Å². The van der Waals surface area contributed by atoms with Gasteiger partial charge in [-0.3, -0.25) is 9.58 Å². The predicted octanol–water partition coefficient (Wildman–Crippen LogP) is 3.53. The molecule has 1 saturated carbocycles. The first-order chi connectivity index (χ1) is 10.1. The Morgan fingerprint density at radius 3 is 2.38 bits per heavy atom. The summed E-state index contributed by atoms with van der Waals surface area (Å²) in [4.78, 5) is 2.64. The first-order valence-corrected chi connectivity index (χ1v) is 8.67. The standard InChI is InChI=1S/C16H27ClN4/c1-12(2)21-14(13(17)11-19-21)15(18)16(7-3-4-8-16)20-9-5-6-10-20/h11-12,15H,3-10,18H2,1-2H3. The number of likely N-dealkylation sites (tertiary alicyclic amines) is 1. The average molecular weight is 311 g/mol. The maximum absolute atomic E-state index is 6.81. The van der Waals surface area contributed by atoms with Crippen molar-refractivity contribution < 1.29 is 0 Å². The molecule has 1 aliphatic carbocycles. The highest BCUT2D eigenvalue weighted by molar-refractivity contribution is 6.31. The molecular weight excluding hydrogens is 284 g/mol. The van der Waals surface area contributed by atoms with Crippen LogP contribution < -0.4 is 5.73 Å². The third kappa shape index (κ3) is 2.51. The summed E-state index contributed by atoms with van der Waals surface area (Å²) in [5.41, 5.74) is 7.93. The molecule has 0 aromatic carbocycles. The predicted molar refractivity (Wildman–Crippen MR) is 86.6 cm³/mol. The SMILES string of the molecule is CC(C)n1ncc(Cl)c1C(N)C1(N2CCCC2)CCCC1. The van der Waals surface area contributed by atoms with Crippen molar-refractivity contribution >= 4 is 11.6 Å². The van der Waals surface area contributed by atoms with E-state index in [1.807, 2.05) is 4.68 Å². The van der Waals surface area contributed by atoms with Crippen molar-refractivity contribution in [3.63, 3.8) is 0 Å². The van der Waals surface area contributed by atoms with E-state index in [1.54, 1.807) is 6.20 Å². The number of aromatic nitrogens is 2. The van der Waals surface area contributed by atoms with E-state index in [9.17, 15) is 0 Å². The number of halogens is 1. The molecule has 1 saturated heterocycles. The summed E-state index contributed by atoms with van der Waals surface area (Å²) < 4.78 is 2.02. The molecule has 0 amide bonds. The molecule has 2 N–H and O–H groups in total. The maximum Gasteiger partial charge on any atom is 0.0834 e. The van der Waals surface area contributed by atoms with Gasteiger partial charge in [0.25, 0.3) is 0 Å². The number of nitrogens with two attached hydrogens (primary N) is 1. The Kier molecular flexibility index (Phi) is 4.30. The van der Waals surface area contributed by atoms with Crippen molar-refractivity contribution in [2.24, 2.45) is 5.73 Å². The van der Waals surface area contributed by atoms with E-state index in [0.717, 1.165) is 10.7 Å². The summed E-state index contributed by atoms with van der Waals surface area (Å²) in [5, 5.41) is 5.18. The second-order valence-electron chi connectivity index (χ2n) is 6.90. The summed E-state index contributed by atoms with van der Waals surface area (Å²) in [6.45, 7) is 6.63. The normalized spacial score (nSPS) is 24.0. The van der Waals surface area contributed by atoms with Crippen LogP contribution in [0.25, 0.3) is 0 Å². The van der Waals surface area contributed by atoms with Crippen molar-refractivity contribution in [3.05, 3.63) is 16.9 Å². The number of nitrogens with zero attached hydrogens (tertiary/aromatic N) is 3. The maximum atomic E-state index is 6.81. The van der Waals surface area contributed by atoms with Gasteiger partial charge >= 0.3 is 0 Å². The van der Waals surface area contributed by atoms with E-state index in [0.29, 0.717) is 0 Å². The molecule has 1 aromatic rings. The highest BCUT2D eigenvalue weighted by Gasteiger charge is 2.47. The second kappa shape index (κ2) is 5.90. The highest BCUT2D eigenvalue weighted by Crippen LogP contribution is 2.46. The van der Waals surface area contributed by atoms with E-state index < -0.39 is 0 Å². The molecule has 21 heavy (non-hydrogen) atoms. The van der Waals surface area contributed by atoms with Crippen molar-refractivity contribution in [3.8, 4) is 0 Å². The third-order valence-corrected chi connectivity index (χ3v) is 5.65. The molecule has 1 aromatic heterocycles. The molecule has 1 aliphatic heterocycles. The van der Waals surface area contributed by atoms with Gasteiger partial charge in [0.05, 0.1) is 23.0 Å². The molecule has 1 unspecified atom stereocenters. The van der Waals surface area contributed by atoms with Gasteiger partial charge in [-0.2, -0.15) is 5.10 Å². The minimum atomic E-state index is -0.0458. The van der Waals surface area contributed by atoms with Crippen LogP contribution in [0.1, 0.15) is 70.2 Å². The number of rotatable bonds is 4. The van der Waals surface area contributed by atoms with Gasteiger partial charge in [-0.15, -0.1) is 0 Å². The first-order valence-electron chi connectivity index (χ1n) is 8.30. The molecule has 3 rings (SSSR count). The molecule has 2 aliphatic rings. The van der Waals surface area contributed by atoms with E-state index in [1.165, 1.54) is 51.6 Å². The van der Waals surface area contributed by atoms with Crippen molar-refractivity contribution in [2.75, 3.05) is 13.1 Å². The average Bonchev–Trinajstić information content (AvgIpc) is 3.18. The van der Waals surface area contributed by atoms with Crippen LogP contribution in [-0.4, -0.2) is 33.3 Å². The monoisotopic (exact) mass is 310 g/mol. The van der Waals surface area contributed by atoms with E-state index in [4.69, 9.17) is 17.3 Å². The van der Waals surface area contributed by atoms with Crippen LogP contribution in [0.5, 0.6) is 0 Å². The van der Waals surface area contributed by atoms with Gasteiger partial charge in [0.2, 0.25) is 0 Å². The zero-order chi connectivity index (χ0) is 15.0. The second-order valence-corrected chi connectivity index (χ2v) is 7.31. The van der Waals surface area contributed by atoms with Gasteiger partial charge in [-0.05, 0) is 52.6 Å². The van der Waals surface area contributed by atoms with E-state index in [2.05, 4.69) is 23.8 Å². The molecule has 5 heteroatoms. The smallest absolute Gasteiger partial charge is 0.0834 e. The Morgan fingerprint density at radius 1 is 1.19 bits per heavy atom. The minimum Gasteiger partial charge on any atom is -0.321 e. The molecule has 4 nitrogen and oxygen atoms in total. The first kappa shape index (κ1) is 15.3. The van der Waals surface area contributed by atoms with Gasteiger partial charge < -0.3 is 5.73 Å². The number of hydrogen-bond donors (Lipinski definition) is 1. The topological polar surface area (TPSA) is 47.1 Å². The lowest BCUT2D eigenvalue weighted by atomic mass is 9.84. The summed E-state index contributed by atoms with van der Waals surface area (Å²) in [7, 11) is 0. The molecule has 0 spiro atoms. The molecule has 0 bridgehead atoms. The Labute approximate surface area is 132 Å². The van der Waals surface area contributed by atoms with Gasteiger partial charge in [0, 0.05) is 11.6 Å². The summed E-state index contributed by atoms with van der Waals surface area (Å²) in [5.74, 6) is 0. The van der Waals surface area contributed by atoms with Crippen LogP contribution >= 0.6 is 11.6 Å². The summed E-state index contributed by atoms with van der Waals surface area (Å²) >= 11 is 6.45. The molecule has 2 heterocycles. The van der Waals surface area contributed by atoms with Crippen molar-refractivity contribution in [1.29, 1.82) is 0 Å². The van der Waals surface area contributed by atoms with E-state index >= 15 is 0 Å². The highest BCUT2D eigenvalue weighted by atomic mass is 35.5. The molecule has 118 valence electrons. The summed E-state index contributed by atoms with van der Waals surface area (Å²) in [6, 6.07) is 0.242. The van der Waals surface area contributed by atoms with E-state index in [-0.39, 0.29) is 17.6 Å². The third-order valence-electron chi connectivity index (χ3n) is 5.35. The van der Waals surface area contributed by atoms with Gasteiger partial charge in [0.1, 0.15) is 0 Å². The van der Waals surface area contributed by atoms with Crippen LogP contribution in [0.2, 0.25) is 5.02 Å². The zero-order valence-electron chi connectivity index (χ0n) is 13.2. The van der Waals surface area contributed by atoms with Crippen LogP contribution in [0, 0.1) is 0 Å². The van der Waals surface area contributed by atoms with Gasteiger partial charge in [-0.1, -0.05) is 24.4 Å². The Hall–Kier alpha value is -0.580. The molecule has 1 atom stereocenters. The quantitative estimate of drug-likeness (QED) is 0.925. The van der Waals surface area contributed by atoms with Crippen LogP contribution in [-0.2, 0) is 0 Å². The zero-order valence-corrected chi connectivity index (χ0v) is 13.9. The fraction of sp³-hybridized carbons (Fsp3) is 0.812. The molecule has 2 fully saturated rings. The Balaban J connectivity index is 1.98. The Morgan fingerprint density at radius 2 is 1.81 bits per heavy atom. The largest absolute Gasteiger partial charge is 0.321 e. The lowest BCUT2D eigenvalue weighted by molar-refractivity contribution is 0.0883. The van der Waals surface area contributed by atoms with Crippen molar-refractivity contribution in [1.82, 2.24) is 14.7 Å². The van der Waals surface area contributed by atoms with Crippen LogP contribution in [0.4, 0.5) is 0 Å². The van der Waals surface area contributed by atoms with Crippen LogP contribution in [0.15, 0.2) is 6.20 Å². The fourth-order valence-electron chi connectivity index (χ4n) is 4.28. The minimum absolute atomic E-state index is 0.0458. The van der Waals surface area contributed by atoms with Gasteiger partial charge in [-0.25, -0.2) is 0 Å². The van der Waals surface area contributed by atoms with Crippen LogP contribution in [0.3, 0.4) is 0 Å².